The molecule has 1 rings (SSSR count). The van der Waals surface area contributed by atoms with Crippen LogP contribution in [0.2, 0.25) is 0 Å². The van der Waals surface area contributed by atoms with E-state index in [9.17, 15) is 10.1 Å². The third-order valence-corrected chi connectivity index (χ3v) is 2.98. The van der Waals surface area contributed by atoms with Crippen LogP contribution < -0.4 is 0 Å². The predicted octanol–water partition coefficient (Wildman–Crippen LogP) is 3.11. The molecule has 1 heterocycles. The van der Waals surface area contributed by atoms with E-state index in [4.69, 9.17) is 0 Å². The van der Waals surface area contributed by atoms with E-state index in [0.29, 0.717) is 12.1 Å². The van der Waals surface area contributed by atoms with Gasteiger partial charge < -0.3 is 10.1 Å². The summed E-state index contributed by atoms with van der Waals surface area (Å²) in [5.74, 6) is -0.0704. The van der Waals surface area contributed by atoms with Crippen molar-refractivity contribution in [1.82, 2.24) is 15.0 Å². The molecule has 0 radical (unpaired) electrons. The van der Waals surface area contributed by atoms with Gasteiger partial charge in [-0.2, -0.15) is 0 Å². The van der Waals surface area contributed by atoms with E-state index in [2.05, 4.69) is 24.2 Å². The Balaban J connectivity index is 2.67. The normalized spacial score (nSPS) is 10.8. The van der Waals surface area contributed by atoms with E-state index in [1.807, 2.05) is 0 Å². The zero-order valence-electron chi connectivity index (χ0n) is 11.3. The summed E-state index contributed by atoms with van der Waals surface area (Å²) in [4.78, 5) is 10.4. The van der Waals surface area contributed by atoms with E-state index in [1.165, 1.54) is 12.8 Å². The first-order valence-corrected chi connectivity index (χ1v) is 6.77. The second-order valence-corrected chi connectivity index (χ2v) is 4.50. The van der Waals surface area contributed by atoms with E-state index in [1.54, 1.807) is 4.68 Å². The van der Waals surface area contributed by atoms with Crippen LogP contribution in [0.15, 0.2) is 0 Å². The van der Waals surface area contributed by atoms with Crippen molar-refractivity contribution in [2.45, 2.75) is 65.3 Å². The van der Waals surface area contributed by atoms with Crippen LogP contribution in [0.4, 0.5) is 5.82 Å². The van der Waals surface area contributed by atoms with Crippen LogP contribution in [-0.4, -0.2) is 19.9 Å². The molecule has 6 heteroatoms. The summed E-state index contributed by atoms with van der Waals surface area (Å²) in [6, 6.07) is 0. The summed E-state index contributed by atoms with van der Waals surface area (Å²) in [5, 5.41) is 18.5. The topological polar surface area (TPSA) is 73.8 Å². The summed E-state index contributed by atoms with van der Waals surface area (Å²) in [6.45, 7) is 4.97. The van der Waals surface area contributed by atoms with Crippen LogP contribution in [0.25, 0.3) is 0 Å². The van der Waals surface area contributed by atoms with E-state index in [0.717, 1.165) is 32.2 Å². The Bertz CT molecular complexity index is 376. The van der Waals surface area contributed by atoms with E-state index >= 15 is 0 Å². The zero-order valence-corrected chi connectivity index (χ0v) is 11.3. The van der Waals surface area contributed by atoms with Gasteiger partial charge in [0.15, 0.2) is 0 Å². The van der Waals surface area contributed by atoms with Crippen LogP contribution in [-0.2, 0) is 13.0 Å². The Morgan fingerprint density at radius 3 is 2.50 bits per heavy atom. The first-order chi connectivity index (χ1) is 8.70. The van der Waals surface area contributed by atoms with Gasteiger partial charge in [-0.15, -0.1) is 0 Å². The SMILES string of the molecule is CCCCCCn1nnc([N+](=O)[O-])c1CCCC. The second-order valence-electron chi connectivity index (χ2n) is 4.50. The van der Waals surface area contributed by atoms with Gasteiger partial charge in [0.05, 0.1) is 5.21 Å². The molecule has 0 amide bonds. The lowest BCUT2D eigenvalue weighted by atomic mass is 10.2. The first kappa shape index (κ1) is 14.6. The van der Waals surface area contributed by atoms with Crippen molar-refractivity contribution < 1.29 is 4.92 Å². The van der Waals surface area contributed by atoms with Gasteiger partial charge >= 0.3 is 5.82 Å². The Labute approximate surface area is 108 Å². The van der Waals surface area contributed by atoms with Crippen molar-refractivity contribution >= 4 is 5.82 Å². The number of aryl methyl sites for hydroxylation is 1. The molecule has 0 unspecified atom stereocenters. The lowest BCUT2D eigenvalue weighted by molar-refractivity contribution is -0.390. The number of unbranched alkanes of at least 4 members (excludes halogenated alkanes) is 4. The molecule has 18 heavy (non-hydrogen) atoms. The Kier molecular flexibility index (Phi) is 6.32. The molecule has 0 aliphatic heterocycles. The van der Waals surface area contributed by atoms with E-state index < -0.39 is 4.92 Å². The van der Waals surface area contributed by atoms with Gasteiger partial charge in [0, 0.05) is 6.54 Å². The number of hydrogen-bond donors (Lipinski definition) is 0. The molecule has 0 spiro atoms. The number of rotatable bonds is 9. The van der Waals surface area contributed by atoms with Crippen LogP contribution in [0, 0.1) is 10.1 Å². The molecule has 0 aliphatic carbocycles. The molecular weight excluding hydrogens is 232 g/mol. The summed E-state index contributed by atoms with van der Waals surface area (Å²) in [5.41, 5.74) is 0.679. The van der Waals surface area contributed by atoms with Crippen molar-refractivity contribution in [2.24, 2.45) is 0 Å². The largest absolute Gasteiger partial charge is 0.413 e. The number of nitrogens with zero attached hydrogens (tertiary/aromatic N) is 4. The molecule has 6 nitrogen and oxygen atoms in total. The van der Waals surface area contributed by atoms with Gasteiger partial charge in [-0.25, -0.2) is 4.68 Å². The predicted molar refractivity (Wildman–Crippen MR) is 69.4 cm³/mol. The lowest BCUT2D eigenvalue weighted by Crippen LogP contribution is -2.06. The highest BCUT2D eigenvalue weighted by molar-refractivity contribution is 5.24. The van der Waals surface area contributed by atoms with Crippen molar-refractivity contribution in [3.8, 4) is 0 Å². The molecule has 0 bridgehead atoms. The third kappa shape index (κ3) is 4.09. The average molecular weight is 254 g/mol. The number of hydrogen-bond acceptors (Lipinski definition) is 4. The molecule has 0 atom stereocenters. The van der Waals surface area contributed by atoms with Crippen molar-refractivity contribution in [1.29, 1.82) is 0 Å². The lowest BCUT2D eigenvalue weighted by Gasteiger charge is -2.04. The molecule has 0 aliphatic rings. The highest BCUT2D eigenvalue weighted by Gasteiger charge is 2.22. The van der Waals surface area contributed by atoms with Gasteiger partial charge in [-0.1, -0.05) is 39.5 Å². The molecule has 0 N–H and O–H groups in total. The highest BCUT2D eigenvalue weighted by Crippen LogP contribution is 2.17. The van der Waals surface area contributed by atoms with Crippen molar-refractivity contribution in [3.63, 3.8) is 0 Å². The molecular formula is C12H22N4O2. The Morgan fingerprint density at radius 1 is 1.17 bits per heavy atom. The fraction of sp³-hybridized carbons (Fsp3) is 0.833. The monoisotopic (exact) mass is 254 g/mol. The van der Waals surface area contributed by atoms with Gasteiger partial charge in [0.1, 0.15) is 10.8 Å². The molecule has 0 fully saturated rings. The fourth-order valence-electron chi connectivity index (χ4n) is 1.92. The third-order valence-electron chi connectivity index (χ3n) is 2.98. The smallest absolute Gasteiger partial charge is 0.358 e. The maximum absolute atomic E-state index is 10.9. The zero-order chi connectivity index (χ0) is 13.4. The maximum atomic E-state index is 10.9. The summed E-state index contributed by atoms with van der Waals surface area (Å²) in [7, 11) is 0. The van der Waals surface area contributed by atoms with Gasteiger partial charge in [0.2, 0.25) is 0 Å². The van der Waals surface area contributed by atoms with Crippen LogP contribution in [0.1, 0.15) is 58.1 Å². The van der Waals surface area contributed by atoms with Crippen LogP contribution in [0.5, 0.6) is 0 Å². The molecule has 0 saturated carbocycles. The molecule has 1 aromatic rings. The Morgan fingerprint density at radius 2 is 1.89 bits per heavy atom. The summed E-state index contributed by atoms with van der Waals surface area (Å²) >= 11 is 0. The quantitative estimate of drug-likeness (QED) is 0.385. The Hall–Kier alpha value is -1.46. The molecule has 0 saturated heterocycles. The van der Waals surface area contributed by atoms with Gasteiger partial charge in [0.25, 0.3) is 0 Å². The summed E-state index contributed by atoms with van der Waals surface area (Å²) in [6.07, 6.45) is 7.15. The minimum Gasteiger partial charge on any atom is -0.358 e. The first-order valence-electron chi connectivity index (χ1n) is 6.77. The van der Waals surface area contributed by atoms with Crippen molar-refractivity contribution in [2.75, 3.05) is 0 Å². The minimum atomic E-state index is -0.430. The standard InChI is InChI=1S/C12H22N4O2/c1-3-5-7-8-10-15-11(9-6-4-2)12(13-14-15)16(17)18/h3-10H2,1-2H3. The second kappa shape index (κ2) is 7.79. The maximum Gasteiger partial charge on any atom is 0.413 e. The molecule has 0 aromatic carbocycles. The van der Waals surface area contributed by atoms with Crippen LogP contribution in [0.3, 0.4) is 0 Å². The molecule has 1 aromatic heterocycles. The fourth-order valence-corrected chi connectivity index (χ4v) is 1.92. The van der Waals surface area contributed by atoms with Crippen molar-refractivity contribution in [3.05, 3.63) is 15.8 Å². The summed E-state index contributed by atoms with van der Waals surface area (Å²) < 4.78 is 1.71. The molecule has 102 valence electrons. The minimum absolute atomic E-state index is 0.0704. The van der Waals surface area contributed by atoms with E-state index in [-0.39, 0.29) is 5.82 Å². The number of nitro groups is 1. The number of aromatic nitrogens is 3. The van der Waals surface area contributed by atoms with Gasteiger partial charge in [-0.05, 0) is 24.2 Å². The highest BCUT2D eigenvalue weighted by atomic mass is 16.6. The average Bonchev–Trinajstić information content (AvgIpc) is 2.75. The van der Waals surface area contributed by atoms with Crippen LogP contribution >= 0.6 is 0 Å². The van der Waals surface area contributed by atoms with Gasteiger partial charge in [-0.3, -0.25) is 0 Å².